The Hall–Kier alpha value is -4.03. The lowest BCUT2D eigenvalue weighted by Gasteiger charge is -2.21. The van der Waals surface area contributed by atoms with Crippen molar-refractivity contribution >= 4 is 40.8 Å². The van der Waals surface area contributed by atoms with E-state index in [0.29, 0.717) is 40.0 Å². The van der Waals surface area contributed by atoms with Crippen LogP contribution in [0.25, 0.3) is 0 Å². The lowest BCUT2D eigenvalue weighted by atomic mass is 10.0. The molecule has 1 heterocycles. The molecule has 1 aromatic heterocycles. The van der Waals surface area contributed by atoms with Crippen LogP contribution in [-0.4, -0.2) is 39.3 Å². The molecule has 1 fully saturated rings. The predicted molar refractivity (Wildman–Crippen MR) is 152 cm³/mol. The van der Waals surface area contributed by atoms with Crippen LogP contribution in [0.2, 0.25) is 10.0 Å². The molecular weight excluding hydrogens is 613 g/mol. The third kappa shape index (κ3) is 8.98. The van der Waals surface area contributed by atoms with E-state index >= 15 is 0 Å². The second-order valence-corrected chi connectivity index (χ2v) is 10.4. The normalized spacial score (nSPS) is 13.3. The maximum Gasteiger partial charge on any atom is 0.387 e. The number of rotatable bonds is 14. The molecule has 1 amide bonds. The Morgan fingerprint density at radius 1 is 1.00 bits per heavy atom. The van der Waals surface area contributed by atoms with Gasteiger partial charge in [-0.1, -0.05) is 29.3 Å². The number of halogens is 4. The van der Waals surface area contributed by atoms with Crippen LogP contribution in [0.5, 0.6) is 23.0 Å². The molecular formula is C29H28Cl2F2N2O8. The number of aromatic nitrogens is 1. The predicted octanol–water partition coefficient (Wildman–Crippen LogP) is 5.89. The Labute approximate surface area is 255 Å². The fourth-order valence-electron chi connectivity index (χ4n) is 4.11. The Balaban J connectivity index is 1.57. The van der Waals surface area contributed by atoms with E-state index in [1.807, 2.05) is 0 Å². The maximum absolute atomic E-state index is 13.1. The van der Waals surface area contributed by atoms with Crippen molar-refractivity contribution in [1.29, 1.82) is 0 Å². The highest BCUT2D eigenvalue weighted by Crippen LogP contribution is 2.38. The van der Waals surface area contributed by atoms with E-state index in [0.717, 1.165) is 25.2 Å². The highest BCUT2D eigenvalue weighted by molar-refractivity contribution is 6.35. The maximum atomic E-state index is 13.1. The molecule has 230 valence electrons. The molecule has 1 saturated carbocycles. The number of amides is 1. The number of hydrogen-bond acceptors (Lipinski definition) is 8. The van der Waals surface area contributed by atoms with E-state index in [1.165, 1.54) is 38.5 Å². The van der Waals surface area contributed by atoms with Crippen LogP contribution in [0, 0.1) is 11.1 Å². The number of anilines is 1. The summed E-state index contributed by atoms with van der Waals surface area (Å²) in [6.07, 6.45) is 2.20. The van der Waals surface area contributed by atoms with Gasteiger partial charge in [0.1, 0.15) is 22.6 Å². The van der Waals surface area contributed by atoms with E-state index in [4.69, 9.17) is 42.1 Å². The van der Waals surface area contributed by atoms with Crippen LogP contribution in [0.3, 0.4) is 0 Å². The molecule has 0 aliphatic heterocycles. The number of carbonyl (C=O) groups excluding carboxylic acids is 2. The number of hydrogen-bond donors (Lipinski definition) is 1. The molecule has 0 radical (unpaired) electrons. The third-order valence-corrected chi connectivity index (χ3v) is 7.07. The molecule has 1 aliphatic carbocycles. The van der Waals surface area contributed by atoms with Gasteiger partial charge < -0.3 is 34.2 Å². The zero-order valence-corrected chi connectivity index (χ0v) is 24.6. The molecule has 1 atom stereocenters. The molecule has 1 aliphatic rings. The van der Waals surface area contributed by atoms with Gasteiger partial charge in [-0.25, -0.2) is 0 Å². The summed E-state index contributed by atoms with van der Waals surface area (Å²) in [6, 6.07) is 8.79. The molecule has 43 heavy (non-hydrogen) atoms. The van der Waals surface area contributed by atoms with Gasteiger partial charge in [0.25, 0.3) is 0 Å². The molecule has 10 nitrogen and oxygen atoms in total. The zero-order chi connectivity index (χ0) is 31.1. The standard InChI is InChI=1S/C29H28Cl2F2N2O8/c1-39-22-8-6-18(10-25(22)40-2)34-27(36)12-28(37)42-24(11-19-20(30)13-35(38)14-21(19)31)17-5-7-23(43-29(32)33)26(9-17)41-15-16-3-4-16/h5-10,13-14,16,24,29H,3-4,11-12,15H2,1-2H3,(H,34,36)/t24-/m0/s1. The lowest BCUT2D eigenvalue weighted by Crippen LogP contribution is -2.26. The molecule has 0 unspecified atom stereocenters. The van der Waals surface area contributed by atoms with Crippen LogP contribution in [0.15, 0.2) is 48.8 Å². The first-order valence-corrected chi connectivity index (χ1v) is 13.8. The largest absolute Gasteiger partial charge is 0.619 e. The third-order valence-electron chi connectivity index (χ3n) is 6.42. The Morgan fingerprint density at radius 3 is 2.30 bits per heavy atom. The van der Waals surface area contributed by atoms with E-state index in [9.17, 15) is 23.6 Å². The SMILES string of the molecule is COc1ccc(NC(=O)CC(=O)O[C@@H](Cc2c(Cl)c[n+]([O-])cc2Cl)c2ccc(OC(F)F)c(OCC3CC3)c2)cc1OC. The molecule has 14 heteroatoms. The summed E-state index contributed by atoms with van der Waals surface area (Å²) in [6.45, 7) is -2.79. The van der Waals surface area contributed by atoms with Crippen LogP contribution in [-0.2, 0) is 20.7 Å². The van der Waals surface area contributed by atoms with Gasteiger partial charge in [0, 0.05) is 23.7 Å². The van der Waals surface area contributed by atoms with Crippen LogP contribution in [0.1, 0.15) is 36.5 Å². The van der Waals surface area contributed by atoms with Gasteiger partial charge in [0.15, 0.2) is 35.4 Å². The van der Waals surface area contributed by atoms with Gasteiger partial charge in [-0.3, -0.25) is 9.59 Å². The number of alkyl halides is 2. The number of nitrogens with zero attached hydrogens (tertiary/aromatic N) is 1. The minimum Gasteiger partial charge on any atom is -0.619 e. The number of nitrogens with one attached hydrogen (secondary N) is 1. The van der Waals surface area contributed by atoms with Crippen molar-refractivity contribution in [3.8, 4) is 23.0 Å². The first-order valence-electron chi connectivity index (χ1n) is 13.1. The summed E-state index contributed by atoms with van der Waals surface area (Å²) in [7, 11) is 2.91. The van der Waals surface area contributed by atoms with Crippen LogP contribution < -0.4 is 29.0 Å². The molecule has 3 aromatic rings. The highest BCUT2D eigenvalue weighted by atomic mass is 35.5. The number of pyridine rings is 1. The summed E-state index contributed by atoms with van der Waals surface area (Å²) in [5.74, 6) is -0.610. The van der Waals surface area contributed by atoms with Gasteiger partial charge in [-0.15, -0.1) is 0 Å². The Morgan fingerprint density at radius 2 is 1.67 bits per heavy atom. The van der Waals surface area contributed by atoms with Crippen molar-refractivity contribution in [3.63, 3.8) is 0 Å². The lowest BCUT2D eigenvalue weighted by molar-refractivity contribution is -0.605. The summed E-state index contributed by atoms with van der Waals surface area (Å²) < 4.78 is 53.0. The number of methoxy groups -OCH3 is 2. The van der Waals surface area contributed by atoms with Crippen molar-refractivity contribution in [1.82, 2.24) is 0 Å². The fourth-order valence-corrected chi connectivity index (χ4v) is 4.71. The quantitative estimate of drug-likeness (QED) is 0.100. The Bertz CT molecular complexity index is 1450. The smallest absolute Gasteiger partial charge is 0.387 e. The fraction of sp³-hybridized carbons (Fsp3) is 0.345. The number of benzene rings is 2. The average molecular weight is 641 g/mol. The van der Waals surface area contributed by atoms with Gasteiger partial charge in [-0.2, -0.15) is 13.5 Å². The molecule has 1 N–H and O–H groups in total. The number of ether oxygens (including phenoxy) is 5. The topological polar surface area (TPSA) is 119 Å². The van der Waals surface area contributed by atoms with E-state index < -0.39 is 31.0 Å². The summed E-state index contributed by atoms with van der Waals surface area (Å²) >= 11 is 12.5. The molecule has 2 aromatic carbocycles. The minimum atomic E-state index is -3.09. The monoisotopic (exact) mass is 640 g/mol. The molecule has 0 saturated heterocycles. The molecule has 4 rings (SSSR count). The van der Waals surface area contributed by atoms with Gasteiger partial charge >= 0.3 is 12.6 Å². The molecule has 0 spiro atoms. The van der Waals surface area contributed by atoms with Crippen LogP contribution in [0.4, 0.5) is 14.5 Å². The van der Waals surface area contributed by atoms with E-state index in [-0.39, 0.29) is 33.5 Å². The van der Waals surface area contributed by atoms with Crippen molar-refractivity contribution in [2.45, 2.75) is 38.4 Å². The van der Waals surface area contributed by atoms with Gasteiger partial charge in [0.05, 0.1) is 20.8 Å². The Kier molecular flexibility index (Phi) is 10.7. The second kappa shape index (κ2) is 14.4. The first-order chi connectivity index (χ1) is 20.6. The average Bonchev–Trinajstić information content (AvgIpc) is 3.78. The summed E-state index contributed by atoms with van der Waals surface area (Å²) in [4.78, 5) is 25.7. The van der Waals surface area contributed by atoms with Crippen molar-refractivity contribution < 1.29 is 46.8 Å². The molecule has 0 bridgehead atoms. The van der Waals surface area contributed by atoms with E-state index in [2.05, 4.69) is 10.1 Å². The van der Waals surface area contributed by atoms with Crippen molar-refractivity contribution in [2.75, 3.05) is 26.1 Å². The summed E-state index contributed by atoms with van der Waals surface area (Å²) in [5, 5.41) is 14.4. The summed E-state index contributed by atoms with van der Waals surface area (Å²) in [5.41, 5.74) is 0.969. The van der Waals surface area contributed by atoms with Crippen molar-refractivity contribution in [2.24, 2.45) is 5.92 Å². The minimum absolute atomic E-state index is 0.0117. The van der Waals surface area contributed by atoms with Crippen molar-refractivity contribution in [3.05, 3.63) is 75.2 Å². The highest BCUT2D eigenvalue weighted by Gasteiger charge is 2.27. The second-order valence-electron chi connectivity index (χ2n) is 9.61. The van der Waals surface area contributed by atoms with Gasteiger partial charge in [0.2, 0.25) is 5.91 Å². The number of carbonyl (C=O) groups is 2. The van der Waals surface area contributed by atoms with E-state index in [1.54, 1.807) is 12.1 Å². The van der Waals surface area contributed by atoms with Gasteiger partial charge in [-0.05, 0) is 48.6 Å². The first kappa shape index (κ1) is 31.9. The zero-order valence-electron chi connectivity index (χ0n) is 23.1. The van der Waals surface area contributed by atoms with Crippen LogP contribution >= 0.6 is 23.2 Å². The number of esters is 1.